The van der Waals surface area contributed by atoms with E-state index < -0.39 is 0 Å². The Labute approximate surface area is 175 Å². The summed E-state index contributed by atoms with van der Waals surface area (Å²) in [6.45, 7) is 0.121. The number of rotatable bonds is 5. The van der Waals surface area contributed by atoms with Gasteiger partial charge < -0.3 is 13.8 Å². The number of benzene rings is 2. The second kappa shape index (κ2) is 7.52. The van der Waals surface area contributed by atoms with Crippen molar-refractivity contribution < 1.29 is 13.7 Å². The number of fused-ring (bicyclic) bond motifs is 1. The van der Waals surface area contributed by atoms with Crippen molar-refractivity contribution in [2.24, 2.45) is 0 Å². The standard InChI is InChI=1S/C22H16FN5O3/c1-30-17-8-4-15(5-9-17)21-24-20(31-26-21)13-27-10-11-28-19(22(27)29)12-18(25-28)14-2-6-16(23)7-3-14/h2-12H,13H2,1H3. The molecule has 0 fully saturated rings. The van der Waals surface area contributed by atoms with Crippen LogP contribution in [-0.2, 0) is 6.54 Å². The Hall–Kier alpha value is -4.27. The van der Waals surface area contributed by atoms with Crippen LogP contribution in [0.1, 0.15) is 5.89 Å². The van der Waals surface area contributed by atoms with Crippen LogP contribution in [0.15, 0.2) is 76.3 Å². The van der Waals surface area contributed by atoms with E-state index in [-0.39, 0.29) is 17.9 Å². The Balaban J connectivity index is 1.43. The van der Waals surface area contributed by atoms with Crippen molar-refractivity contribution in [3.8, 4) is 28.4 Å². The number of aromatic nitrogens is 5. The van der Waals surface area contributed by atoms with E-state index in [9.17, 15) is 9.18 Å². The van der Waals surface area contributed by atoms with Gasteiger partial charge in [0, 0.05) is 23.5 Å². The van der Waals surface area contributed by atoms with Gasteiger partial charge in [0.1, 0.15) is 23.6 Å². The van der Waals surface area contributed by atoms with E-state index in [0.29, 0.717) is 22.9 Å². The first-order valence-electron chi connectivity index (χ1n) is 9.42. The van der Waals surface area contributed by atoms with Gasteiger partial charge in [-0.1, -0.05) is 5.16 Å². The minimum absolute atomic E-state index is 0.121. The maximum absolute atomic E-state index is 13.2. The first-order chi connectivity index (χ1) is 15.1. The summed E-state index contributed by atoms with van der Waals surface area (Å²) < 4.78 is 26.6. The van der Waals surface area contributed by atoms with E-state index in [4.69, 9.17) is 9.26 Å². The number of halogens is 1. The predicted molar refractivity (Wildman–Crippen MR) is 110 cm³/mol. The quantitative estimate of drug-likeness (QED) is 0.436. The molecule has 154 valence electrons. The largest absolute Gasteiger partial charge is 0.497 e. The molecule has 0 aliphatic carbocycles. The molecule has 8 nitrogen and oxygen atoms in total. The molecule has 0 atom stereocenters. The monoisotopic (exact) mass is 417 g/mol. The minimum atomic E-state index is -0.330. The maximum atomic E-state index is 13.2. The second-order valence-electron chi connectivity index (χ2n) is 6.84. The van der Waals surface area contributed by atoms with Gasteiger partial charge in [0.25, 0.3) is 5.56 Å². The summed E-state index contributed by atoms with van der Waals surface area (Å²) in [5.41, 5.74) is 2.20. The van der Waals surface area contributed by atoms with Crippen molar-refractivity contribution in [3.05, 3.63) is 89.1 Å². The molecule has 0 N–H and O–H groups in total. The summed E-state index contributed by atoms with van der Waals surface area (Å²) >= 11 is 0. The number of nitrogens with zero attached hydrogens (tertiary/aromatic N) is 5. The van der Waals surface area contributed by atoms with Crippen LogP contribution in [0.3, 0.4) is 0 Å². The Morgan fingerprint density at radius 2 is 1.77 bits per heavy atom. The summed E-state index contributed by atoms with van der Waals surface area (Å²) in [6.07, 6.45) is 3.28. The van der Waals surface area contributed by atoms with E-state index in [1.165, 1.54) is 21.2 Å². The minimum Gasteiger partial charge on any atom is -0.497 e. The van der Waals surface area contributed by atoms with E-state index in [2.05, 4.69) is 15.2 Å². The van der Waals surface area contributed by atoms with Crippen molar-refractivity contribution in [2.75, 3.05) is 7.11 Å². The Morgan fingerprint density at radius 3 is 2.52 bits per heavy atom. The van der Waals surface area contributed by atoms with E-state index >= 15 is 0 Å². The first-order valence-corrected chi connectivity index (χ1v) is 9.42. The van der Waals surface area contributed by atoms with Crippen LogP contribution in [0.5, 0.6) is 5.75 Å². The number of hydrogen-bond acceptors (Lipinski definition) is 6. The molecule has 0 bridgehead atoms. The molecule has 0 saturated heterocycles. The Kier molecular flexibility index (Phi) is 4.55. The first kappa shape index (κ1) is 18.7. The van der Waals surface area contributed by atoms with E-state index in [1.807, 2.05) is 24.3 Å². The summed E-state index contributed by atoms with van der Waals surface area (Å²) in [6, 6.07) is 14.9. The molecule has 31 heavy (non-hydrogen) atoms. The van der Waals surface area contributed by atoms with Crippen LogP contribution < -0.4 is 10.3 Å². The second-order valence-corrected chi connectivity index (χ2v) is 6.84. The van der Waals surface area contributed by atoms with Crippen LogP contribution >= 0.6 is 0 Å². The molecule has 0 aliphatic rings. The van der Waals surface area contributed by atoms with Gasteiger partial charge in [-0.2, -0.15) is 10.1 Å². The van der Waals surface area contributed by atoms with Gasteiger partial charge in [-0.3, -0.25) is 4.79 Å². The van der Waals surface area contributed by atoms with E-state index in [1.54, 1.807) is 37.7 Å². The molecule has 0 radical (unpaired) electrons. The SMILES string of the molecule is COc1ccc(-c2noc(Cn3ccn4nc(-c5ccc(F)cc5)cc4c3=O)n2)cc1. The normalized spacial score (nSPS) is 11.2. The van der Waals surface area contributed by atoms with Crippen LogP contribution in [0.4, 0.5) is 4.39 Å². The van der Waals surface area contributed by atoms with Gasteiger partial charge in [-0.05, 0) is 54.6 Å². The molecular formula is C22H16FN5O3. The van der Waals surface area contributed by atoms with Crippen molar-refractivity contribution in [2.45, 2.75) is 6.54 Å². The van der Waals surface area contributed by atoms with Crippen LogP contribution in [0.25, 0.3) is 28.2 Å². The lowest BCUT2D eigenvalue weighted by molar-refractivity contribution is 0.370. The molecule has 0 unspecified atom stereocenters. The summed E-state index contributed by atoms with van der Waals surface area (Å²) in [4.78, 5) is 17.3. The van der Waals surface area contributed by atoms with Crippen LogP contribution in [-0.4, -0.2) is 31.4 Å². The highest BCUT2D eigenvalue weighted by atomic mass is 19.1. The zero-order chi connectivity index (χ0) is 21.4. The zero-order valence-electron chi connectivity index (χ0n) is 16.4. The average molecular weight is 417 g/mol. The van der Waals surface area contributed by atoms with Gasteiger partial charge in [-0.15, -0.1) is 0 Å². The lowest BCUT2D eigenvalue weighted by Crippen LogP contribution is -2.21. The van der Waals surface area contributed by atoms with Gasteiger partial charge >= 0.3 is 0 Å². The highest BCUT2D eigenvalue weighted by molar-refractivity contribution is 5.65. The summed E-state index contributed by atoms with van der Waals surface area (Å²) in [5, 5.41) is 8.39. The molecule has 3 aromatic heterocycles. The third-order valence-corrected chi connectivity index (χ3v) is 4.87. The molecule has 2 aromatic carbocycles. The highest BCUT2D eigenvalue weighted by Crippen LogP contribution is 2.21. The lowest BCUT2D eigenvalue weighted by Gasteiger charge is -2.02. The molecule has 0 aliphatic heterocycles. The molecule has 5 aromatic rings. The van der Waals surface area contributed by atoms with Gasteiger partial charge in [0.15, 0.2) is 0 Å². The third-order valence-electron chi connectivity index (χ3n) is 4.87. The Bertz CT molecular complexity index is 1420. The fraction of sp³-hybridized carbons (Fsp3) is 0.0909. The number of methoxy groups -OCH3 is 1. The lowest BCUT2D eigenvalue weighted by atomic mass is 10.1. The van der Waals surface area contributed by atoms with E-state index in [0.717, 1.165) is 16.9 Å². The maximum Gasteiger partial charge on any atom is 0.277 e. The van der Waals surface area contributed by atoms with Crippen molar-refractivity contribution in [3.63, 3.8) is 0 Å². The highest BCUT2D eigenvalue weighted by Gasteiger charge is 2.13. The molecule has 0 spiro atoms. The van der Waals surface area contributed by atoms with Crippen LogP contribution in [0.2, 0.25) is 0 Å². The molecule has 0 saturated carbocycles. The Morgan fingerprint density at radius 1 is 1.03 bits per heavy atom. The molecular weight excluding hydrogens is 401 g/mol. The van der Waals surface area contributed by atoms with Crippen molar-refractivity contribution >= 4 is 5.52 Å². The summed E-state index contributed by atoms with van der Waals surface area (Å²) in [5.74, 6) is 1.13. The van der Waals surface area contributed by atoms with Gasteiger partial charge in [-0.25, -0.2) is 8.91 Å². The van der Waals surface area contributed by atoms with Crippen molar-refractivity contribution in [1.82, 2.24) is 24.3 Å². The zero-order valence-corrected chi connectivity index (χ0v) is 16.4. The molecule has 0 amide bonds. The fourth-order valence-corrected chi connectivity index (χ4v) is 3.23. The van der Waals surface area contributed by atoms with Gasteiger partial charge in [0.05, 0.1) is 12.8 Å². The molecule has 9 heteroatoms. The number of hydrogen-bond donors (Lipinski definition) is 0. The topological polar surface area (TPSA) is 87.5 Å². The summed E-state index contributed by atoms with van der Waals surface area (Å²) in [7, 11) is 1.60. The van der Waals surface area contributed by atoms with Gasteiger partial charge in [0.2, 0.25) is 11.7 Å². The smallest absolute Gasteiger partial charge is 0.277 e. The number of ether oxygens (including phenoxy) is 1. The predicted octanol–water partition coefficient (Wildman–Crippen LogP) is 3.41. The molecule has 3 heterocycles. The average Bonchev–Trinajstić information content (AvgIpc) is 3.44. The van der Waals surface area contributed by atoms with Crippen LogP contribution in [0, 0.1) is 5.82 Å². The molecule has 5 rings (SSSR count). The third kappa shape index (κ3) is 3.57. The van der Waals surface area contributed by atoms with Crippen molar-refractivity contribution in [1.29, 1.82) is 0 Å². The fourth-order valence-electron chi connectivity index (χ4n) is 3.23.